The first-order valence-corrected chi connectivity index (χ1v) is 3.20. The standard InChI is InChI=1S/C5H4O3.C2H6/c6-4-2-1-3-5(7)8-4;1-2/h1-2H,3H2;1-2H3. The van der Waals surface area contributed by atoms with E-state index in [1.54, 1.807) is 0 Å². The van der Waals surface area contributed by atoms with Gasteiger partial charge in [-0.2, -0.15) is 0 Å². The van der Waals surface area contributed by atoms with E-state index in [2.05, 4.69) is 4.74 Å². The molecule has 0 radical (unpaired) electrons. The molecule has 0 N–H and O–H groups in total. The third-order valence-electron chi connectivity index (χ3n) is 0.753. The summed E-state index contributed by atoms with van der Waals surface area (Å²) < 4.78 is 4.12. The maximum Gasteiger partial charge on any atom is 0.338 e. The van der Waals surface area contributed by atoms with Crippen LogP contribution in [0, 0.1) is 0 Å². The summed E-state index contributed by atoms with van der Waals surface area (Å²) in [5.41, 5.74) is 0. The molecule has 0 aromatic heterocycles. The highest BCUT2D eigenvalue weighted by atomic mass is 16.6. The average Bonchev–Trinajstić information content (AvgIpc) is 1.91. The second-order valence-corrected chi connectivity index (χ2v) is 1.40. The summed E-state index contributed by atoms with van der Waals surface area (Å²) in [5.74, 6) is -1.04. The molecule has 0 saturated heterocycles. The van der Waals surface area contributed by atoms with Gasteiger partial charge in [-0.25, -0.2) is 4.79 Å². The molecule has 1 aliphatic rings. The van der Waals surface area contributed by atoms with Crippen LogP contribution in [0.5, 0.6) is 0 Å². The normalized spacial score (nSPS) is 15.4. The van der Waals surface area contributed by atoms with E-state index < -0.39 is 11.9 Å². The van der Waals surface area contributed by atoms with Gasteiger partial charge in [0.1, 0.15) is 0 Å². The molecule has 3 heteroatoms. The van der Waals surface area contributed by atoms with Crippen LogP contribution in [0.4, 0.5) is 0 Å². The Morgan fingerprint density at radius 3 is 2.30 bits per heavy atom. The molecule has 1 aliphatic heterocycles. The molecule has 56 valence electrons. The molecule has 0 bridgehead atoms. The van der Waals surface area contributed by atoms with Crippen molar-refractivity contribution >= 4 is 11.9 Å². The number of hydrogen-bond acceptors (Lipinski definition) is 3. The molecule has 1 heterocycles. The quantitative estimate of drug-likeness (QED) is 0.375. The smallest absolute Gasteiger partial charge is 0.338 e. The van der Waals surface area contributed by atoms with Crippen molar-refractivity contribution in [3.05, 3.63) is 12.2 Å². The predicted octanol–water partition coefficient (Wildman–Crippen LogP) is 1.04. The Balaban J connectivity index is 0.000000371. The first-order valence-electron chi connectivity index (χ1n) is 3.20. The Morgan fingerprint density at radius 1 is 1.40 bits per heavy atom. The number of carbonyl (C=O) groups is 2. The number of carbonyl (C=O) groups excluding carboxylic acids is 2. The van der Waals surface area contributed by atoms with Crippen LogP contribution >= 0.6 is 0 Å². The van der Waals surface area contributed by atoms with Crippen LogP contribution < -0.4 is 0 Å². The molecule has 1 rings (SSSR count). The summed E-state index contributed by atoms with van der Waals surface area (Å²) >= 11 is 0. The van der Waals surface area contributed by atoms with Gasteiger partial charge in [-0.3, -0.25) is 4.79 Å². The minimum atomic E-state index is -0.568. The van der Waals surface area contributed by atoms with E-state index in [0.717, 1.165) is 0 Å². The van der Waals surface area contributed by atoms with Gasteiger partial charge in [-0.15, -0.1) is 0 Å². The second kappa shape index (κ2) is 4.73. The zero-order valence-corrected chi connectivity index (χ0v) is 6.09. The Bertz CT molecular complexity index is 158. The molecule has 10 heavy (non-hydrogen) atoms. The maximum atomic E-state index is 10.2. The fourth-order valence-corrected chi connectivity index (χ4v) is 0.439. The van der Waals surface area contributed by atoms with Gasteiger partial charge >= 0.3 is 11.9 Å². The lowest BCUT2D eigenvalue weighted by Crippen LogP contribution is -2.12. The van der Waals surface area contributed by atoms with E-state index in [1.807, 2.05) is 13.8 Å². The third kappa shape index (κ3) is 3.02. The number of ether oxygens (including phenoxy) is 1. The van der Waals surface area contributed by atoms with E-state index in [-0.39, 0.29) is 6.42 Å². The van der Waals surface area contributed by atoms with Gasteiger partial charge in [0.05, 0.1) is 6.42 Å². The summed E-state index contributed by atoms with van der Waals surface area (Å²) in [4.78, 5) is 20.3. The maximum absolute atomic E-state index is 10.2. The number of rotatable bonds is 0. The molecule has 3 nitrogen and oxygen atoms in total. The van der Waals surface area contributed by atoms with Crippen molar-refractivity contribution in [3.63, 3.8) is 0 Å². The van der Waals surface area contributed by atoms with Gasteiger partial charge in [0, 0.05) is 6.08 Å². The van der Waals surface area contributed by atoms with Gasteiger partial charge < -0.3 is 4.74 Å². The zero-order valence-electron chi connectivity index (χ0n) is 6.09. The fraction of sp³-hybridized carbons (Fsp3) is 0.429. The zero-order chi connectivity index (χ0) is 7.98. The van der Waals surface area contributed by atoms with Gasteiger partial charge in [0.25, 0.3) is 0 Å². The first kappa shape index (κ1) is 8.88. The SMILES string of the molecule is CC.O=C1C=CCC(=O)O1. The van der Waals surface area contributed by atoms with E-state index in [0.29, 0.717) is 0 Å². The van der Waals surface area contributed by atoms with Crippen molar-refractivity contribution < 1.29 is 14.3 Å². The molecule has 0 amide bonds. The summed E-state index contributed by atoms with van der Waals surface area (Å²) in [5, 5.41) is 0. The molecule has 0 aromatic carbocycles. The third-order valence-corrected chi connectivity index (χ3v) is 0.753. The Hall–Kier alpha value is -1.12. The lowest BCUT2D eigenvalue weighted by Gasteiger charge is -1.99. The molecule has 0 spiro atoms. The van der Waals surface area contributed by atoms with Crippen LogP contribution in [0.15, 0.2) is 12.2 Å². The molecule has 0 aliphatic carbocycles. The summed E-state index contributed by atoms with van der Waals surface area (Å²) in [6.07, 6.45) is 2.93. The monoisotopic (exact) mass is 142 g/mol. The van der Waals surface area contributed by atoms with E-state index in [4.69, 9.17) is 0 Å². The molecule has 0 unspecified atom stereocenters. The van der Waals surface area contributed by atoms with Crippen molar-refractivity contribution in [2.75, 3.05) is 0 Å². The van der Waals surface area contributed by atoms with Crippen LogP contribution in [0.1, 0.15) is 20.3 Å². The first-order chi connectivity index (χ1) is 4.79. The van der Waals surface area contributed by atoms with E-state index >= 15 is 0 Å². The molecular weight excluding hydrogens is 132 g/mol. The van der Waals surface area contributed by atoms with Crippen LogP contribution in [-0.4, -0.2) is 11.9 Å². The Kier molecular flexibility index (Phi) is 4.20. The minimum absolute atomic E-state index is 0.214. The van der Waals surface area contributed by atoms with Gasteiger partial charge in [0.15, 0.2) is 0 Å². The van der Waals surface area contributed by atoms with Crippen LogP contribution in [-0.2, 0) is 14.3 Å². The van der Waals surface area contributed by atoms with Crippen molar-refractivity contribution in [3.8, 4) is 0 Å². The van der Waals surface area contributed by atoms with Crippen molar-refractivity contribution in [2.45, 2.75) is 20.3 Å². The Morgan fingerprint density at radius 2 is 2.00 bits per heavy atom. The van der Waals surface area contributed by atoms with Gasteiger partial charge in [0.2, 0.25) is 0 Å². The lowest BCUT2D eigenvalue weighted by molar-refractivity contribution is -0.156. The van der Waals surface area contributed by atoms with E-state index in [1.165, 1.54) is 12.2 Å². The molecule has 0 fully saturated rings. The van der Waals surface area contributed by atoms with Crippen molar-refractivity contribution in [1.29, 1.82) is 0 Å². The van der Waals surface area contributed by atoms with Gasteiger partial charge in [-0.05, 0) is 0 Å². The number of cyclic esters (lactones) is 2. The topological polar surface area (TPSA) is 43.4 Å². The minimum Gasteiger partial charge on any atom is -0.390 e. The highest BCUT2D eigenvalue weighted by Crippen LogP contribution is 1.96. The summed E-state index contributed by atoms with van der Waals surface area (Å²) in [7, 11) is 0. The summed E-state index contributed by atoms with van der Waals surface area (Å²) in [6, 6.07) is 0. The van der Waals surface area contributed by atoms with Crippen LogP contribution in [0.25, 0.3) is 0 Å². The molecular formula is C7H10O3. The largest absolute Gasteiger partial charge is 0.390 e. The van der Waals surface area contributed by atoms with Crippen molar-refractivity contribution in [2.24, 2.45) is 0 Å². The molecule has 0 atom stereocenters. The predicted molar refractivity (Wildman–Crippen MR) is 36.2 cm³/mol. The summed E-state index contributed by atoms with van der Waals surface area (Å²) in [6.45, 7) is 4.00. The average molecular weight is 142 g/mol. The highest BCUT2D eigenvalue weighted by molar-refractivity contribution is 5.95. The Labute approximate surface area is 59.7 Å². The van der Waals surface area contributed by atoms with Crippen molar-refractivity contribution in [1.82, 2.24) is 0 Å². The lowest BCUT2D eigenvalue weighted by atomic mass is 10.3. The number of esters is 2. The van der Waals surface area contributed by atoms with Crippen LogP contribution in [0.3, 0.4) is 0 Å². The van der Waals surface area contributed by atoms with Crippen LogP contribution in [0.2, 0.25) is 0 Å². The highest BCUT2D eigenvalue weighted by Gasteiger charge is 2.09. The molecule has 0 aromatic rings. The van der Waals surface area contributed by atoms with E-state index in [9.17, 15) is 9.59 Å². The second-order valence-electron chi connectivity index (χ2n) is 1.40. The fourth-order valence-electron chi connectivity index (χ4n) is 0.439. The number of hydrogen-bond donors (Lipinski definition) is 0. The molecule has 0 saturated carbocycles. The van der Waals surface area contributed by atoms with Gasteiger partial charge in [-0.1, -0.05) is 19.9 Å².